The summed E-state index contributed by atoms with van der Waals surface area (Å²) >= 11 is 0. The molecule has 3 rings (SSSR count). The first-order valence-corrected chi connectivity index (χ1v) is 8.46. The molecule has 2 aromatic rings. The third kappa shape index (κ3) is 4.48. The Hall–Kier alpha value is -3.56. The average molecular weight is 408 g/mol. The Bertz CT molecular complexity index is 982. The van der Waals surface area contributed by atoms with Crippen LogP contribution >= 0.6 is 0 Å². The first-order chi connectivity index (χ1) is 13.8. The van der Waals surface area contributed by atoms with Crippen molar-refractivity contribution in [2.24, 2.45) is 0 Å². The molecule has 1 heterocycles. The zero-order valence-electron chi connectivity index (χ0n) is 15.0. The van der Waals surface area contributed by atoms with E-state index in [0.717, 1.165) is 6.07 Å². The average Bonchev–Trinajstić information content (AvgIpc) is 2.68. The summed E-state index contributed by atoms with van der Waals surface area (Å²) in [5.74, 6) is -6.80. The highest BCUT2D eigenvalue weighted by Gasteiger charge is 2.31. The maximum atomic E-state index is 13.6. The van der Waals surface area contributed by atoms with Crippen LogP contribution in [0.4, 0.5) is 24.5 Å². The zero-order chi connectivity index (χ0) is 21.1. The molecule has 0 fully saturated rings. The van der Waals surface area contributed by atoms with Gasteiger partial charge in [0.25, 0.3) is 11.8 Å². The molecule has 10 heteroatoms. The van der Waals surface area contributed by atoms with Crippen LogP contribution in [0.2, 0.25) is 0 Å². The number of carbonyl (C=O) groups is 3. The zero-order valence-corrected chi connectivity index (χ0v) is 15.0. The maximum Gasteiger partial charge on any atom is 0.310 e. The Morgan fingerprint density at radius 3 is 2.66 bits per heavy atom. The molecule has 29 heavy (non-hydrogen) atoms. The Labute approximate surface area is 162 Å². The topological polar surface area (TPSA) is 93.7 Å². The summed E-state index contributed by atoms with van der Waals surface area (Å²) in [6, 6.07) is 8.10. The van der Waals surface area contributed by atoms with Gasteiger partial charge in [0.15, 0.2) is 29.7 Å². The van der Waals surface area contributed by atoms with E-state index < -0.39 is 59.6 Å². The van der Waals surface area contributed by atoms with Crippen molar-refractivity contribution in [3.8, 4) is 5.75 Å². The second kappa shape index (κ2) is 8.21. The van der Waals surface area contributed by atoms with Crippen molar-refractivity contribution >= 4 is 29.2 Å². The molecule has 2 aromatic carbocycles. The van der Waals surface area contributed by atoms with Crippen molar-refractivity contribution in [1.29, 1.82) is 0 Å². The van der Waals surface area contributed by atoms with Gasteiger partial charge in [-0.25, -0.2) is 13.2 Å². The molecule has 152 valence electrons. The van der Waals surface area contributed by atoms with E-state index in [0.29, 0.717) is 17.5 Å². The lowest BCUT2D eigenvalue weighted by Crippen LogP contribution is -2.40. The second-order valence-corrected chi connectivity index (χ2v) is 6.14. The second-order valence-electron chi connectivity index (χ2n) is 6.14. The highest BCUT2D eigenvalue weighted by molar-refractivity contribution is 6.00. The lowest BCUT2D eigenvalue weighted by Gasteiger charge is -2.25. The van der Waals surface area contributed by atoms with Crippen molar-refractivity contribution in [1.82, 2.24) is 0 Å². The molecule has 2 unspecified atom stereocenters. The smallest absolute Gasteiger partial charge is 0.310 e. The van der Waals surface area contributed by atoms with Gasteiger partial charge in [-0.05, 0) is 31.2 Å². The predicted octanol–water partition coefficient (Wildman–Crippen LogP) is 2.76. The van der Waals surface area contributed by atoms with Crippen LogP contribution in [0, 0.1) is 17.5 Å². The number of halogens is 3. The van der Waals surface area contributed by atoms with E-state index in [1.165, 1.54) is 6.92 Å². The van der Waals surface area contributed by atoms with Gasteiger partial charge in [0.1, 0.15) is 5.75 Å². The van der Waals surface area contributed by atoms with E-state index in [4.69, 9.17) is 9.47 Å². The lowest BCUT2D eigenvalue weighted by molar-refractivity contribution is -0.155. The quantitative estimate of drug-likeness (QED) is 0.586. The van der Waals surface area contributed by atoms with Gasteiger partial charge in [-0.2, -0.15) is 0 Å². The summed E-state index contributed by atoms with van der Waals surface area (Å²) in [5.41, 5.74) is -0.146. The van der Waals surface area contributed by atoms with Gasteiger partial charge < -0.3 is 20.1 Å². The number of rotatable bonds is 5. The van der Waals surface area contributed by atoms with Gasteiger partial charge >= 0.3 is 5.97 Å². The molecule has 2 N–H and O–H groups in total. The maximum absolute atomic E-state index is 13.6. The molecule has 0 spiro atoms. The van der Waals surface area contributed by atoms with Gasteiger partial charge in [0.05, 0.1) is 17.8 Å². The summed E-state index contributed by atoms with van der Waals surface area (Å²) in [6.07, 6.45) is -3.03. The predicted molar refractivity (Wildman–Crippen MR) is 94.6 cm³/mol. The normalized spacial score (nSPS) is 16.1. The van der Waals surface area contributed by atoms with Crippen molar-refractivity contribution in [3.05, 3.63) is 53.8 Å². The summed E-state index contributed by atoms with van der Waals surface area (Å²) in [6.45, 7) is 1.20. The Balaban J connectivity index is 1.57. The van der Waals surface area contributed by atoms with Crippen molar-refractivity contribution in [3.63, 3.8) is 0 Å². The fourth-order valence-corrected chi connectivity index (χ4v) is 2.53. The number of ether oxygens (including phenoxy) is 2. The fourth-order valence-electron chi connectivity index (χ4n) is 2.53. The number of carbonyl (C=O) groups excluding carboxylic acids is 3. The highest BCUT2D eigenvalue weighted by atomic mass is 19.2. The standard InChI is InChI=1S/C19H15F3N2O5/c1-9(18(26)24-12-7-6-10(20)16(21)17(12)22)28-15(25)8-14-19(27)23-11-4-2-3-5-13(11)29-14/h2-7,9,14H,8H2,1H3,(H,23,27)(H,24,26). The van der Waals surface area contributed by atoms with Crippen LogP contribution in [0.3, 0.4) is 0 Å². The number of fused-ring (bicyclic) bond motifs is 1. The van der Waals surface area contributed by atoms with E-state index in [-0.39, 0.29) is 0 Å². The van der Waals surface area contributed by atoms with Gasteiger partial charge in [-0.3, -0.25) is 14.4 Å². The summed E-state index contributed by atoms with van der Waals surface area (Å²) in [4.78, 5) is 36.1. The number of para-hydroxylation sites is 2. The SMILES string of the molecule is CC(OC(=O)CC1Oc2ccccc2NC1=O)C(=O)Nc1ccc(F)c(F)c1F. The number of hydrogen-bond donors (Lipinski definition) is 2. The molecule has 0 saturated carbocycles. The van der Waals surface area contributed by atoms with Crippen LogP contribution in [0.1, 0.15) is 13.3 Å². The van der Waals surface area contributed by atoms with Crippen molar-refractivity contribution < 1.29 is 37.0 Å². The van der Waals surface area contributed by atoms with Gasteiger partial charge in [0.2, 0.25) is 0 Å². The molecule has 2 atom stereocenters. The molecule has 0 saturated heterocycles. The van der Waals surface area contributed by atoms with Crippen LogP contribution in [-0.2, 0) is 19.1 Å². The van der Waals surface area contributed by atoms with E-state index in [1.807, 2.05) is 5.32 Å². The molecular formula is C19H15F3N2O5. The largest absolute Gasteiger partial charge is 0.478 e. The number of anilines is 2. The molecule has 1 aliphatic rings. The highest BCUT2D eigenvalue weighted by Crippen LogP contribution is 2.29. The third-order valence-electron chi connectivity index (χ3n) is 4.03. The minimum atomic E-state index is -1.74. The number of benzene rings is 2. The number of esters is 1. The van der Waals surface area contributed by atoms with Crippen molar-refractivity contribution in [2.45, 2.75) is 25.6 Å². The van der Waals surface area contributed by atoms with Crippen LogP contribution in [0.25, 0.3) is 0 Å². The van der Waals surface area contributed by atoms with Crippen LogP contribution < -0.4 is 15.4 Å². The van der Waals surface area contributed by atoms with Gasteiger partial charge in [-0.1, -0.05) is 12.1 Å². The molecule has 1 aliphatic heterocycles. The minimum absolute atomic E-state index is 0.379. The summed E-state index contributed by atoms with van der Waals surface area (Å²) in [5, 5.41) is 4.58. The van der Waals surface area contributed by atoms with E-state index in [2.05, 4.69) is 5.32 Å². The van der Waals surface area contributed by atoms with Crippen molar-refractivity contribution in [2.75, 3.05) is 10.6 Å². The summed E-state index contributed by atoms with van der Waals surface area (Å²) in [7, 11) is 0. The van der Waals surface area contributed by atoms with E-state index in [1.54, 1.807) is 24.3 Å². The lowest BCUT2D eigenvalue weighted by atomic mass is 10.1. The van der Waals surface area contributed by atoms with Crippen LogP contribution in [0.5, 0.6) is 5.75 Å². The molecule has 0 bridgehead atoms. The van der Waals surface area contributed by atoms with Gasteiger partial charge in [0, 0.05) is 0 Å². The Morgan fingerprint density at radius 1 is 1.17 bits per heavy atom. The van der Waals surface area contributed by atoms with Gasteiger partial charge in [-0.15, -0.1) is 0 Å². The van der Waals surface area contributed by atoms with Crippen LogP contribution in [-0.4, -0.2) is 30.0 Å². The number of nitrogens with one attached hydrogen (secondary N) is 2. The molecule has 0 aliphatic carbocycles. The first-order valence-electron chi connectivity index (χ1n) is 8.46. The molecule has 0 radical (unpaired) electrons. The Kier molecular flexibility index (Phi) is 5.71. The number of amides is 2. The third-order valence-corrected chi connectivity index (χ3v) is 4.03. The molecule has 0 aromatic heterocycles. The minimum Gasteiger partial charge on any atom is -0.478 e. The number of hydrogen-bond acceptors (Lipinski definition) is 5. The molecule has 7 nitrogen and oxygen atoms in total. The monoisotopic (exact) mass is 408 g/mol. The summed E-state index contributed by atoms with van der Waals surface area (Å²) < 4.78 is 50.1. The first kappa shape index (κ1) is 20.2. The van der Waals surface area contributed by atoms with Crippen LogP contribution in [0.15, 0.2) is 36.4 Å². The fraction of sp³-hybridized carbons (Fsp3) is 0.211. The Morgan fingerprint density at radius 2 is 1.90 bits per heavy atom. The van der Waals surface area contributed by atoms with E-state index in [9.17, 15) is 27.6 Å². The van der Waals surface area contributed by atoms with E-state index >= 15 is 0 Å². The molecular weight excluding hydrogens is 393 g/mol. The molecule has 2 amide bonds.